The number of hydrogen-bond donors (Lipinski definition) is 0. The molecule has 0 aliphatic carbocycles. The molecule has 124 valence electrons. The first-order valence-electron chi connectivity index (χ1n) is 8.26. The molecule has 1 aromatic rings. The van der Waals surface area contributed by atoms with Crippen molar-refractivity contribution < 1.29 is 9.53 Å². The standard InChI is InChI=1S/C19H26N2O2/c1-19(2)12-17-11-15(14-7-9-20(3)10-8-14)5-6-16(17)13-21(19)18(22)23-4/h5-7,11H,8-10,12-13H2,1-4H3. The molecule has 0 saturated heterocycles. The fourth-order valence-corrected chi connectivity index (χ4v) is 3.55. The normalized spacial score (nSPS) is 20.7. The van der Waals surface area contributed by atoms with E-state index in [-0.39, 0.29) is 11.6 Å². The van der Waals surface area contributed by atoms with Crippen LogP contribution in [0, 0.1) is 0 Å². The molecule has 3 rings (SSSR count). The smallest absolute Gasteiger partial charge is 0.410 e. The lowest BCUT2D eigenvalue weighted by atomic mass is 9.84. The van der Waals surface area contributed by atoms with Crippen LogP contribution in [0.25, 0.3) is 5.57 Å². The average molecular weight is 314 g/mol. The molecule has 0 saturated carbocycles. The first-order chi connectivity index (χ1) is 10.9. The number of nitrogens with zero attached hydrogens (tertiary/aromatic N) is 2. The minimum absolute atomic E-state index is 0.222. The second kappa shape index (κ2) is 6.00. The van der Waals surface area contributed by atoms with Crippen LogP contribution in [0.5, 0.6) is 0 Å². The highest BCUT2D eigenvalue weighted by Crippen LogP contribution is 2.33. The lowest BCUT2D eigenvalue weighted by molar-refractivity contribution is 0.0657. The summed E-state index contributed by atoms with van der Waals surface area (Å²) in [7, 11) is 3.60. The molecule has 23 heavy (non-hydrogen) atoms. The minimum atomic E-state index is -0.247. The van der Waals surface area contributed by atoms with Gasteiger partial charge in [0.25, 0.3) is 0 Å². The van der Waals surface area contributed by atoms with Gasteiger partial charge in [-0.15, -0.1) is 0 Å². The maximum Gasteiger partial charge on any atom is 0.410 e. The predicted octanol–water partition coefficient (Wildman–Crippen LogP) is 3.31. The van der Waals surface area contributed by atoms with E-state index in [1.807, 2.05) is 4.90 Å². The van der Waals surface area contributed by atoms with E-state index < -0.39 is 0 Å². The fraction of sp³-hybridized carbons (Fsp3) is 0.526. The van der Waals surface area contributed by atoms with Gasteiger partial charge in [0.05, 0.1) is 7.11 Å². The van der Waals surface area contributed by atoms with Gasteiger partial charge in [0, 0.05) is 25.2 Å². The van der Waals surface area contributed by atoms with Crippen LogP contribution < -0.4 is 0 Å². The third-order valence-corrected chi connectivity index (χ3v) is 5.07. The molecule has 4 heteroatoms. The van der Waals surface area contributed by atoms with Crippen LogP contribution in [0.2, 0.25) is 0 Å². The fourth-order valence-electron chi connectivity index (χ4n) is 3.55. The molecule has 0 bridgehead atoms. The van der Waals surface area contributed by atoms with Crippen molar-refractivity contribution in [3.8, 4) is 0 Å². The minimum Gasteiger partial charge on any atom is -0.453 e. The third kappa shape index (κ3) is 3.13. The van der Waals surface area contributed by atoms with Crippen LogP contribution in [0.3, 0.4) is 0 Å². The number of likely N-dealkylation sites (N-methyl/N-ethyl adjacent to an activating group) is 1. The molecule has 2 aliphatic rings. The molecule has 0 atom stereocenters. The number of fused-ring (bicyclic) bond motifs is 1. The van der Waals surface area contributed by atoms with Gasteiger partial charge < -0.3 is 9.64 Å². The highest BCUT2D eigenvalue weighted by atomic mass is 16.5. The van der Waals surface area contributed by atoms with Crippen molar-refractivity contribution in [3.63, 3.8) is 0 Å². The van der Waals surface area contributed by atoms with Crippen molar-refractivity contribution in [2.24, 2.45) is 0 Å². The summed E-state index contributed by atoms with van der Waals surface area (Å²) in [5.74, 6) is 0. The number of carbonyl (C=O) groups excluding carboxylic acids is 1. The average Bonchev–Trinajstić information content (AvgIpc) is 2.53. The van der Waals surface area contributed by atoms with E-state index in [0.717, 1.165) is 25.9 Å². The number of amides is 1. The Morgan fingerprint density at radius 3 is 2.70 bits per heavy atom. The van der Waals surface area contributed by atoms with Crippen LogP contribution >= 0.6 is 0 Å². The zero-order valence-electron chi connectivity index (χ0n) is 14.6. The predicted molar refractivity (Wildman–Crippen MR) is 92.3 cm³/mol. The molecule has 0 N–H and O–H groups in total. The number of rotatable bonds is 1. The number of hydrogen-bond acceptors (Lipinski definition) is 3. The maximum absolute atomic E-state index is 12.0. The van der Waals surface area contributed by atoms with Crippen LogP contribution in [0.1, 0.15) is 37.0 Å². The molecule has 0 radical (unpaired) electrons. The van der Waals surface area contributed by atoms with Crippen LogP contribution in [-0.4, -0.2) is 48.7 Å². The zero-order chi connectivity index (χ0) is 16.6. The van der Waals surface area contributed by atoms with Gasteiger partial charge in [0.1, 0.15) is 0 Å². The van der Waals surface area contributed by atoms with Crippen LogP contribution in [0.4, 0.5) is 4.79 Å². The van der Waals surface area contributed by atoms with Gasteiger partial charge in [-0.2, -0.15) is 0 Å². The number of benzene rings is 1. The van der Waals surface area contributed by atoms with Gasteiger partial charge in [-0.1, -0.05) is 24.3 Å². The van der Waals surface area contributed by atoms with E-state index in [0.29, 0.717) is 6.54 Å². The van der Waals surface area contributed by atoms with Gasteiger partial charge in [-0.3, -0.25) is 4.90 Å². The van der Waals surface area contributed by atoms with E-state index in [1.165, 1.54) is 29.4 Å². The van der Waals surface area contributed by atoms with Gasteiger partial charge in [0.15, 0.2) is 0 Å². The Balaban J connectivity index is 1.89. The molecule has 0 fully saturated rings. The van der Waals surface area contributed by atoms with Gasteiger partial charge >= 0.3 is 6.09 Å². The van der Waals surface area contributed by atoms with Crippen LogP contribution in [0.15, 0.2) is 24.3 Å². The Morgan fingerprint density at radius 1 is 1.26 bits per heavy atom. The van der Waals surface area contributed by atoms with Crippen molar-refractivity contribution in [1.82, 2.24) is 9.80 Å². The molecule has 1 aromatic carbocycles. The second-order valence-electron chi connectivity index (χ2n) is 7.27. The summed E-state index contributed by atoms with van der Waals surface area (Å²) >= 11 is 0. The Labute approximate surface area is 138 Å². The van der Waals surface area contributed by atoms with Gasteiger partial charge in [-0.05, 0) is 56.0 Å². The highest BCUT2D eigenvalue weighted by Gasteiger charge is 2.36. The first-order valence-corrected chi connectivity index (χ1v) is 8.26. The van der Waals surface area contributed by atoms with Crippen molar-refractivity contribution in [2.45, 2.75) is 38.8 Å². The van der Waals surface area contributed by atoms with Gasteiger partial charge in [0.2, 0.25) is 0 Å². The summed E-state index contributed by atoms with van der Waals surface area (Å²) in [5, 5.41) is 0. The van der Waals surface area contributed by atoms with E-state index in [4.69, 9.17) is 4.74 Å². The summed E-state index contributed by atoms with van der Waals surface area (Å²) in [5.41, 5.74) is 5.14. The molecule has 4 nitrogen and oxygen atoms in total. The SMILES string of the molecule is COC(=O)N1Cc2ccc(C3=CCN(C)CC3)cc2CC1(C)C. The quantitative estimate of drug-likeness (QED) is 0.797. The summed E-state index contributed by atoms with van der Waals surface area (Å²) in [4.78, 5) is 16.2. The summed E-state index contributed by atoms with van der Waals surface area (Å²) < 4.78 is 4.94. The molecular weight excluding hydrogens is 288 g/mol. The molecule has 2 heterocycles. The first kappa shape index (κ1) is 16.1. The largest absolute Gasteiger partial charge is 0.453 e. The number of carbonyl (C=O) groups is 1. The number of ether oxygens (including phenoxy) is 1. The summed E-state index contributed by atoms with van der Waals surface area (Å²) in [6.07, 6.45) is 4.05. The summed E-state index contributed by atoms with van der Waals surface area (Å²) in [6.45, 7) is 6.97. The lowest BCUT2D eigenvalue weighted by Gasteiger charge is -2.42. The van der Waals surface area contributed by atoms with E-state index in [2.05, 4.69) is 50.1 Å². The van der Waals surface area contributed by atoms with Crippen molar-refractivity contribution in [2.75, 3.05) is 27.2 Å². The summed E-state index contributed by atoms with van der Waals surface area (Å²) in [6, 6.07) is 6.70. The second-order valence-corrected chi connectivity index (χ2v) is 7.27. The van der Waals surface area contributed by atoms with Gasteiger partial charge in [-0.25, -0.2) is 4.79 Å². The Hall–Kier alpha value is -1.81. The van der Waals surface area contributed by atoms with E-state index in [1.54, 1.807) is 0 Å². The molecule has 2 aliphatic heterocycles. The third-order valence-electron chi connectivity index (χ3n) is 5.07. The molecule has 0 aromatic heterocycles. The molecule has 0 unspecified atom stereocenters. The molecule has 1 amide bonds. The van der Waals surface area contributed by atoms with Crippen LogP contribution in [-0.2, 0) is 17.7 Å². The van der Waals surface area contributed by atoms with E-state index >= 15 is 0 Å². The van der Waals surface area contributed by atoms with E-state index in [9.17, 15) is 4.79 Å². The maximum atomic E-state index is 12.0. The monoisotopic (exact) mass is 314 g/mol. The van der Waals surface area contributed by atoms with Crippen molar-refractivity contribution in [3.05, 3.63) is 41.0 Å². The highest BCUT2D eigenvalue weighted by molar-refractivity contribution is 5.70. The van der Waals surface area contributed by atoms with Crippen molar-refractivity contribution >= 4 is 11.7 Å². The Bertz CT molecular complexity index is 649. The Kier molecular flexibility index (Phi) is 4.19. The molecule has 0 spiro atoms. The Morgan fingerprint density at radius 2 is 2.04 bits per heavy atom. The zero-order valence-corrected chi connectivity index (χ0v) is 14.6. The lowest BCUT2D eigenvalue weighted by Crippen LogP contribution is -2.51. The topological polar surface area (TPSA) is 32.8 Å². The van der Waals surface area contributed by atoms with Crippen molar-refractivity contribution in [1.29, 1.82) is 0 Å². The number of methoxy groups -OCH3 is 1. The molecular formula is C19H26N2O2.